The van der Waals surface area contributed by atoms with Crippen molar-refractivity contribution in [1.29, 1.82) is 0 Å². The molecule has 2 aromatic rings. The maximum absolute atomic E-state index is 13.3. The number of benzene rings is 1. The van der Waals surface area contributed by atoms with E-state index in [1.165, 1.54) is 7.11 Å². The number of nitrogens with zero attached hydrogens (tertiary/aromatic N) is 1. The van der Waals surface area contributed by atoms with Crippen LogP contribution >= 0.6 is 15.9 Å². The van der Waals surface area contributed by atoms with E-state index in [1.54, 1.807) is 12.1 Å². The minimum Gasteiger partial charge on any atom is -0.465 e. The van der Waals surface area contributed by atoms with Crippen LogP contribution in [0, 0.1) is 6.92 Å². The first kappa shape index (κ1) is 23.9. The summed E-state index contributed by atoms with van der Waals surface area (Å²) in [5.74, 6) is -0.853. The van der Waals surface area contributed by atoms with Crippen molar-refractivity contribution in [3.05, 3.63) is 60.5 Å². The van der Waals surface area contributed by atoms with Gasteiger partial charge >= 0.3 is 5.97 Å². The van der Waals surface area contributed by atoms with E-state index in [0.717, 1.165) is 23.2 Å². The Morgan fingerprint density at radius 2 is 1.70 bits per heavy atom. The summed E-state index contributed by atoms with van der Waals surface area (Å²) in [5.41, 5.74) is 4.08. The molecular formula is C23H29BrN2O4. The highest BCUT2D eigenvalue weighted by Crippen LogP contribution is 2.27. The molecule has 0 aliphatic heterocycles. The normalized spacial score (nSPS) is 10.8. The maximum Gasteiger partial charge on any atom is 0.337 e. The van der Waals surface area contributed by atoms with E-state index in [9.17, 15) is 14.4 Å². The first-order chi connectivity index (χ1) is 14.2. The minimum absolute atomic E-state index is 0.151. The van der Waals surface area contributed by atoms with Crippen LogP contribution in [0.3, 0.4) is 0 Å². The van der Waals surface area contributed by atoms with E-state index >= 15 is 0 Å². The quantitative estimate of drug-likeness (QED) is 0.593. The van der Waals surface area contributed by atoms with Gasteiger partial charge in [-0.3, -0.25) is 9.59 Å². The molecule has 1 aromatic heterocycles. The van der Waals surface area contributed by atoms with E-state index < -0.39 is 11.9 Å². The zero-order valence-corrected chi connectivity index (χ0v) is 20.0. The van der Waals surface area contributed by atoms with Crippen molar-refractivity contribution in [2.45, 2.75) is 53.4 Å². The highest BCUT2D eigenvalue weighted by Gasteiger charge is 2.24. The standard InChI is InChI=1S/C23H29BrN2O4/c1-7-10-17-18(21(27)19(24)13(4)26(17)5)22(28)25-20-14(8-2)11-16(23(29)30-6)12-15(20)9-3/h11-12H,7-10H2,1-6H3,(H,25,28). The number of ether oxygens (including phenoxy) is 1. The zero-order valence-electron chi connectivity index (χ0n) is 18.4. The number of hydrogen-bond donors (Lipinski definition) is 1. The highest BCUT2D eigenvalue weighted by molar-refractivity contribution is 9.10. The molecule has 30 heavy (non-hydrogen) atoms. The molecule has 1 heterocycles. The molecular weight excluding hydrogens is 448 g/mol. The molecule has 0 saturated carbocycles. The number of carbonyl (C=O) groups is 2. The molecule has 0 unspecified atom stereocenters. The summed E-state index contributed by atoms with van der Waals surface area (Å²) in [6.07, 6.45) is 2.66. The molecule has 1 N–H and O–H groups in total. The van der Waals surface area contributed by atoms with Gasteiger partial charge in [-0.1, -0.05) is 27.2 Å². The largest absolute Gasteiger partial charge is 0.465 e. The number of aromatic nitrogens is 1. The summed E-state index contributed by atoms with van der Waals surface area (Å²) in [7, 11) is 3.21. The zero-order chi connectivity index (χ0) is 22.6. The van der Waals surface area contributed by atoms with Gasteiger partial charge in [0.25, 0.3) is 5.91 Å². The van der Waals surface area contributed by atoms with Crippen molar-refractivity contribution in [1.82, 2.24) is 4.57 Å². The lowest BCUT2D eigenvalue weighted by Crippen LogP contribution is -2.29. The average molecular weight is 477 g/mol. The fourth-order valence-corrected chi connectivity index (χ4v) is 4.05. The van der Waals surface area contributed by atoms with Crippen molar-refractivity contribution in [3.8, 4) is 0 Å². The van der Waals surface area contributed by atoms with Gasteiger partial charge in [-0.05, 0) is 65.4 Å². The van der Waals surface area contributed by atoms with Gasteiger partial charge in [0.15, 0.2) is 0 Å². The number of methoxy groups -OCH3 is 1. The number of nitrogens with one attached hydrogen (secondary N) is 1. The van der Waals surface area contributed by atoms with Crippen LogP contribution in [0.25, 0.3) is 0 Å². The third-order valence-corrected chi connectivity index (χ3v) is 6.31. The van der Waals surface area contributed by atoms with Crippen LogP contribution < -0.4 is 10.7 Å². The lowest BCUT2D eigenvalue weighted by Gasteiger charge is -2.20. The van der Waals surface area contributed by atoms with Gasteiger partial charge in [-0.15, -0.1) is 0 Å². The van der Waals surface area contributed by atoms with Crippen molar-refractivity contribution in [2.75, 3.05) is 12.4 Å². The molecule has 0 fully saturated rings. The van der Waals surface area contributed by atoms with Gasteiger partial charge in [0.1, 0.15) is 5.56 Å². The molecule has 0 atom stereocenters. The molecule has 7 heteroatoms. The SMILES string of the molecule is CCCc1c(C(=O)Nc2c(CC)cc(C(=O)OC)cc2CC)c(=O)c(Br)c(C)n1C. The van der Waals surface area contributed by atoms with Gasteiger partial charge in [-0.2, -0.15) is 0 Å². The topological polar surface area (TPSA) is 77.4 Å². The number of hydrogen-bond acceptors (Lipinski definition) is 4. The third kappa shape index (κ3) is 4.51. The summed E-state index contributed by atoms with van der Waals surface area (Å²) < 4.78 is 7.13. The summed E-state index contributed by atoms with van der Waals surface area (Å²) in [6, 6.07) is 3.47. The Bertz CT molecular complexity index is 1020. The minimum atomic E-state index is -0.435. The summed E-state index contributed by atoms with van der Waals surface area (Å²) in [5, 5.41) is 2.97. The highest BCUT2D eigenvalue weighted by atomic mass is 79.9. The number of esters is 1. The van der Waals surface area contributed by atoms with Crippen molar-refractivity contribution < 1.29 is 14.3 Å². The Hall–Kier alpha value is -2.41. The van der Waals surface area contributed by atoms with E-state index in [4.69, 9.17) is 4.74 Å². The van der Waals surface area contributed by atoms with Crippen molar-refractivity contribution >= 4 is 33.5 Å². The predicted molar refractivity (Wildman–Crippen MR) is 123 cm³/mol. The predicted octanol–water partition coefficient (Wildman–Crippen LogP) is 4.57. The molecule has 1 amide bonds. The van der Waals surface area contributed by atoms with Crippen LogP contribution in [0.1, 0.15) is 70.4 Å². The first-order valence-corrected chi connectivity index (χ1v) is 10.9. The molecule has 0 aliphatic carbocycles. The monoisotopic (exact) mass is 476 g/mol. The van der Waals surface area contributed by atoms with Crippen molar-refractivity contribution in [2.24, 2.45) is 7.05 Å². The van der Waals surface area contributed by atoms with Gasteiger partial charge in [-0.25, -0.2) is 4.79 Å². The van der Waals surface area contributed by atoms with Crippen LogP contribution in [-0.2, 0) is 31.0 Å². The van der Waals surface area contributed by atoms with Crippen LogP contribution in [0.4, 0.5) is 5.69 Å². The number of amides is 1. The summed E-state index contributed by atoms with van der Waals surface area (Å²) in [6.45, 7) is 7.77. The average Bonchev–Trinajstić information content (AvgIpc) is 2.75. The molecule has 162 valence electrons. The summed E-state index contributed by atoms with van der Waals surface area (Å²) >= 11 is 3.34. The number of rotatable bonds is 7. The molecule has 0 saturated heterocycles. The second-order valence-corrected chi connectivity index (χ2v) is 7.97. The van der Waals surface area contributed by atoms with Crippen LogP contribution in [-0.4, -0.2) is 23.6 Å². The van der Waals surface area contributed by atoms with E-state index in [0.29, 0.717) is 40.7 Å². The van der Waals surface area contributed by atoms with Gasteiger partial charge in [0.05, 0.1) is 17.1 Å². The van der Waals surface area contributed by atoms with Gasteiger partial charge in [0, 0.05) is 24.1 Å². The molecule has 0 aliphatic rings. The van der Waals surface area contributed by atoms with E-state index in [-0.39, 0.29) is 11.0 Å². The second kappa shape index (κ2) is 10.1. The van der Waals surface area contributed by atoms with Crippen LogP contribution in [0.5, 0.6) is 0 Å². The molecule has 2 rings (SSSR count). The Labute approximate surface area is 185 Å². The van der Waals surface area contributed by atoms with E-state index in [2.05, 4.69) is 21.2 Å². The third-order valence-electron chi connectivity index (χ3n) is 5.38. The fourth-order valence-electron chi connectivity index (χ4n) is 3.58. The molecule has 6 nitrogen and oxygen atoms in total. The number of halogens is 1. The number of anilines is 1. The number of pyridine rings is 1. The molecule has 0 radical (unpaired) electrons. The lowest BCUT2D eigenvalue weighted by molar-refractivity contribution is 0.0600. The van der Waals surface area contributed by atoms with Crippen molar-refractivity contribution in [3.63, 3.8) is 0 Å². The molecule has 0 spiro atoms. The molecule has 0 bridgehead atoms. The summed E-state index contributed by atoms with van der Waals surface area (Å²) in [4.78, 5) is 38.3. The number of aryl methyl sites for hydroxylation is 2. The second-order valence-electron chi connectivity index (χ2n) is 7.18. The Morgan fingerprint density at radius 3 is 2.17 bits per heavy atom. The Kier molecular flexibility index (Phi) is 8.01. The Morgan fingerprint density at radius 1 is 1.13 bits per heavy atom. The van der Waals surface area contributed by atoms with Gasteiger partial charge in [0.2, 0.25) is 5.43 Å². The van der Waals surface area contributed by atoms with E-state index in [1.807, 2.05) is 39.3 Å². The first-order valence-electron chi connectivity index (χ1n) is 10.1. The maximum atomic E-state index is 13.3. The van der Waals surface area contributed by atoms with Crippen LogP contribution in [0.2, 0.25) is 0 Å². The smallest absolute Gasteiger partial charge is 0.337 e. The number of carbonyl (C=O) groups excluding carboxylic acids is 2. The van der Waals surface area contributed by atoms with Gasteiger partial charge < -0.3 is 14.6 Å². The Balaban J connectivity index is 2.63. The lowest BCUT2D eigenvalue weighted by atomic mass is 9.98. The molecule has 1 aromatic carbocycles. The fraction of sp³-hybridized carbons (Fsp3) is 0.435. The van der Waals surface area contributed by atoms with Crippen LogP contribution in [0.15, 0.2) is 21.4 Å².